The molecule has 16 nitrogen and oxygen atoms in total. The summed E-state index contributed by atoms with van der Waals surface area (Å²) < 4.78 is 0. The van der Waals surface area contributed by atoms with Gasteiger partial charge in [0.2, 0.25) is 0 Å². The first-order valence-corrected chi connectivity index (χ1v) is 2.19. The molecule has 0 spiro atoms. The van der Waals surface area contributed by atoms with Crippen molar-refractivity contribution >= 4 is 0 Å². The minimum absolute atomic E-state index is 0. The molecule has 18 heteroatoms. The Balaban J connectivity index is -0.0000000257. The molecule has 18 heavy (non-hydrogen) atoms. The first-order chi connectivity index (χ1) is 6.93. The molecule has 0 bridgehead atoms. The van der Waals surface area contributed by atoms with Gasteiger partial charge in [-0.15, -0.1) is 0 Å². The maximum absolute atomic E-state index is 8.25. The summed E-state index contributed by atoms with van der Waals surface area (Å²) >= 11 is 0. The van der Waals surface area contributed by atoms with Crippen molar-refractivity contribution in [3.8, 4) is 0 Å². The number of hydrogen-bond donors (Lipinski definition) is 0. The molecular formula is CeN4O12Zr. The van der Waals surface area contributed by atoms with E-state index in [-0.39, 0.29) is 68.0 Å². The zero-order valence-corrected chi connectivity index (χ0v) is 13.3. The first-order valence-electron chi connectivity index (χ1n) is 2.19. The Morgan fingerprint density at radius 1 is 0.444 bits per heavy atom. The smallest absolute Gasteiger partial charge is 0.356 e. The molecule has 0 aromatic rings. The van der Waals surface area contributed by atoms with Gasteiger partial charge in [0.05, 0.1) is 20.3 Å². The Morgan fingerprint density at radius 3 is 0.444 bits per heavy atom. The van der Waals surface area contributed by atoms with E-state index in [2.05, 4.69) is 0 Å². The van der Waals surface area contributed by atoms with Gasteiger partial charge in [-0.05, 0) is 0 Å². The molecule has 0 unspecified atom stereocenters. The van der Waals surface area contributed by atoms with Crippen LogP contribution in [0.4, 0.5) is 0 Å². The predicted octanol–water partition coefficient (Wildman–Crippen LogP) is -0.959. The van der Waals surface area contributed by atoms with Gasteiger partial charge in [0.25, 0.3) is 0 Å². The summed E-state index contributed by atoms with van der Waals surface area (Å²) in [6, 6.07) is 0. The molecule has 0 aromatic carbocycles. The van der Waals surface area contributed by atoms with Gasteiger partial charge >= 0.3 is 26.2 Å². The van der Waals surface area contributed by atoms with E-state index in [1.54, 1.807) is 0 Å². The van der Waals surface area contributed by atoms with Crippen LogP contribution in [-0.4, -0.2) is 20.3 Å². The molecule has 0 aliphatic carbocycles. The molecule has 0 saturated carbocycles. The summed E-state index contributed by atoms with van der Waals surface area (Å²) in [5.74, 6) is 0. The summed E-state index contributed by atoms with van der Waals surface area (Å²) in [5, 5.41) is 59.0. The van der Waals surface area contributed by atoms with E-state index in [0.29, 0.717) is 0 Å². The summed E-state index contributed by atoms with van der Waals surface area (Å²) in [5.41, 5.74) is 0. The van der Waals surface area contributed by atoms with Crippen LogP contribution in [-0.2, 0) is 26.2 Å². The zero-order valence-electron chi connectivity index (χ0n) is 7.69. The number of hydrogen-bond acceptors (Lipinski definition) is 12. The summed E-state index contributed by atoms with van der Waals surface area (Å²) in [6.45, 7) is 0. The SMILES string of the molecule is O=[N+]([O-])[O-].O=[N+]([O-])[O-].O=[N+]([O-])[O-].O=[N+]([O-])[O-].[Ce].[Zr+4]. The van der Waals surface area contributed by atoms with E-state index in [0.717, 1.165) is 0 Å². The van der Waals surface area contributed by atoms with Gasteiger partial charge in [-0.25, -0.2) is 0 Å². The predicted molar refractivity (Wildman–Crippen MR) is 41.4 cm³/mol. The third-order valence-corrected chi connectivity index (χ3v) is 0. The van der Waals surface area contributed by atoms with Gasteiger partial charge < -0.3 is 61.3 Å². The number of rotatable bonds is 0. The van der Waals surface area contributed by atoms with Crippen LogP contribution in [0.15, 0.2) is 0 Å². The van der Waals surface area contributed by atoms with Crippen molar-refractivity contribution in [1.29, 1.82) is 0 Å². The van der Waals surface area contributed by atoms with E-state index in [1.807, 2.05) is 0 Å². The minimum Gasteiger partial charge on any atom is -0.356 e. The zero-order chi connectivity index (χ0) is 14.3. The van der Waals surface area contributed by atoms with Crippen LogP contribution in [0.1, 0.15) is 0 Å². The molecule has 0 atom stereocenters. The van der Waals surface area contributed by atoms with Crippen molar-refractivity contribution in [3.05, 3.63) is 61.3 Å². The molecule has 0 N–H and O–H groups in total. The monoisotopic (exact) mass is 478 g/mol. The van der Waals surface area contributed by atoms with Crippen molar-refractivity contribution in [1.82, 2.24) is 0 Å². The summed E-state index contributed by atoms with van der Waals surface area (Å²) in [7, 11) is 0. The normalized spacial score (nSPS) is 5.33. The van der Waals surface area contributed by atoms with Crippen LogP contribution >= 0.6 is 0 Å². The third kappa shape index (κ3) is 3370. The van der Waals surface area contributed by atoms with Crippen molar-refractivity contribution in [2.24, 2.45) is 0 Å². The van der Waals surface area contributed by atoms with Gasteiger partial charge in [0.1, 0.15) is 0 Å². The Hall–Kier alpha value is -0.940. The summed E-state index contributed by atoms with van der Waals surface area (Å²) in [4.78, 5) is 33.0. The molecule has 0 aliphatic heterocycles. The van der Waals surface area contributed by atoms with Gasteiger partial charge in [0.15, 0.2) is 0 Å². The standard InChI is InChI=1S/Ce.4NO3.Zr/c;4*2-1(3)4;/q;4*-1;+4. The molecule has 0 amide bonds. The van der Waals surface area contributed by atoms with Crippen LogP contribution in [0.2, 0.25) is 0 Å². The van der Waals surface area contributed by atoms with Gasteiger partial charge in [-0.1, -0.05) is 0 Å². The second-order valence-corrected chi connectivity index (χ2v) is 0.894. The van der Waals surface area contributed by atoms with Gasteiger partial charge in [0, 0.05) is 41.7 Å². The van der Waals surface area contributed by atoms with Crippen molar-refractivity contribution in [2.75, 3.05) is 0 Å². The van der Waals surface area contributed by atoms with Crippen molar-refractivity contribution in [3.63, 3.8) is 0 Å². The fourth-order valence-electron chi connectivity index (χ4n) is 0. The Kier molecular flexibility index (Phi) is 59.5. The van der Waals surface area contributed by atoms with Crippen LogP contribution in [0.5, 0.6) is 0 Å². The van der Waals surface area contributed by atoms with Gasteiger partial charge in [-0.2, -0.15) is 0 Å². The molecule has 0 aliphatic rings. The molecule has 100 valence electrons. The largest absolute Gasteiger partial charge is 4.00 e. The molecule has 0 saturated heterocycles. The average molecular weight is 479 g/mol. The van der Waals surface area contributed by atoms with E-state index in [9.17, 15) is 0 Å². The number of nitrogens with zero attached hydrogens (tertiary/aromatic N) is 4. The van der Waals surface area contributed by atoms with Crippen LogP contribution in [0, 0.1) is 103 Å². The molecule has 0 rings (SSSR count). The van der Waals surface area contributed by atoms with Crippen LogP contribution < -0.4 is 0 Å². The Morgan fingerprint density at radius 2 is 0.444 bits per heavy atom. The van der Waals surface area contributed by atoms with E-state index in [1.165, 1.54) is 0 Å². The maximum atomic E-state index is 8.25. The Labute approximate surface area is 148 Å². The Bertz CT molecular complexity index is 164. The third-order valence-electron chi connectivity index (χ3n) is 0. The molecule has 0 heterocycles. The van der Waals surface area contributed by atoms with E-state index in [4.69, 9.17) is 61.3 Å². The second kappa shape index (κ2) is 29.8. The molecule has 0 aromatic heterocycles. The maximum Gasteiger partial charge on any atom is 4.00 e. The molecular weight excluding hydrogens is 479 g/mol. The van der Waals surface area contributed by atoms with Gasteiger partial charge in [-0.3, -0.25) is 0 Å². The van der Waals surface area contributed by atoms with Crippen molar-refractivity contribution < 1.29 is 88.3 Å². The van der Waals surface area contributed by atoms with E-state index >= 15 is 0 Å². The second-order valence-electron chi connectivity index (χ2n) is 0.894. The fourth-order valence-corrected chi connectivity index (χ4v) is 0. The van der Waals surface area contributed by atoms with E-state index < -0.39 is 20.3 Å². The van der Waals surface area contributed by atoms with Crippen LogP contribution in [0.3, 0.4) is 0 Å². The fraction of sp³-hybridized carbons (Fsp3) is 0. The molecule has 0 radical (unpaired) electrons. The minimum atomic E-state index is -1.75. The van der Waals surface area contributed by atoms with Crippen LogP contribution in [0.25, 0.3) is 0 Å². The van der Waals surface area contributed by atoms with Crippen molar-refractivity contribution in [2.45, 2.75) is 0 Å². The topological polar surface area (TPSA) is 265 Å². The average Bonchev–Trinajstić information content (AvgIpc) is 1.76. The first kappa shape index (κ1) is 36.0. The quantitative estimate of drug-likeness (QED) is 0.300. The summed E-state index contributed by atoms with van der Waals surface area (Å²) in [6.07, 6.45) is 0. The molecule has 0 fully saturated rings.